The number of ether oxygens (including phenoxy) is 1. The number of rotatable bonds is 5. The molecule has 0 bridgehead atoms. The summed E-state index contributed by atoms with van der Waals surface area (Å²) < 4.78 is 28.9. The van der Waals surface area contributed by atoms with Crippen LogP contribution in [0, 0.1) is 0 Å². The lowest BCUT2D eigenvalue weighted by Crippen LogP contribution is -2.44. The normalized spacial score (nSPS) is 18.8. The van der Waals surface area contributed by atoms with E-state index in [2.05, 4.69) is 30.4 Å². The number of aromatic amines is 1. The summed E-state index contributed by atoms with van der Waals surface area (Å²) in [5.41, 5.74) is 0.436. The van der Waals surface area contributed by atoms with Crippen molar-refractivity contribution in [1.29, 1.82) is 0 Å². The number of nitrogens with one attached hydrogen (secondary N) is 2. The van der Waals surface area contributed by atoms with E-state index in [1.54, 1.807) is 32.2 Å². The summed E-state index contributed by atoms with van der Waals surface area (Å²) in [6.45, 7) is 7.22. The van der Waals surface area contributed by atoms with Crippen molar-refractivity contribution in [3.05, 3.63) is 24.0 Å². The van der Waals surface area contributed by atoms with E-state index in [4.69, 9.17) is 4.74 Å². The molecule has 26 heavy (non-hydrogen) atoms. The Morgan fingerprint density at radius 3 is 2.77 bits per heavy atom. The molecule has 0 saturated carbocycles. The average Bonchev–Trinajstić information content (AvgIpc) is 3.07. The lowest BCUT2D eigenvalue weighted by Gasteiger charge is -2.35. The molecule has 1 saturated heterocycles. The molecule has 0 radical (unpaired) electrons. The Labute approximate surface area is 153 Å². The first kappa shape index (κ1) is 18.6. The van der Waals surface area contributed by atoms with E-state index in [0.29, 0.717) is 43.0 Å². The third kappa shape index (κ3) is 3.65. The molecule has 3 heterocycles. The first-order chi connectivity index (χ1) is 12.2. The highest BCUT2D eigenvalue weighted by molar-refractivity contribution is 7.91. The molecule has 0 amide bonds. The molecule has 1 aliphatic heterocycles. The predicted molar refractivity (Wildman–Crippen MR) is 99.4 cm³/mol. The molecular weight excluding hydrogens is 356 g/mol. The first-order valence-corrected chi connectivity index (χ1v) is 10.3. The number of sulfone groups is 1. The minimum Gasteiger partial charge on any atom is -0.377 e. The second-order valence-corrected chi connectivity index (χ2v) is 9.50. The van der Waals surface area contributed by atoms with Crippen LogP contribution < -0.4 is 10.2 Å². The fourth-order valence-corrected chi connectivity index (χ4v) is 3.13. The molecular formula is C16H24N6O3S. The van der Waals surface area contributed by atoms with E-state index in [-0.39, 0.29) is 6.04 Å². The van der Waals surface area contributed by atoms with Gasteiger partial charge >= 0.3 is 0 Å². The summed E-state index contributed by atoms with van der Waals surface area (Å²) in [5, 5.41) is 9.73. The van der Waals surface area contributed by atoms with Gasteiger partial charge in [0.2, 0.25) is 5.95 Å². The van der Waals surface area contributed by atoms with Gasteiger partial charge in [-0.2, -0.15) is 10.1 Å². The van der Waals surface area contributed by atoms with Gasteiger partial charge in [-0.15, -0.1) is 0 Å². The van der Waals surface area contributed by atoms with Gasteiger partial charge in [-0.3, -0.25) is 5.10 Å². The van der Waals surface area contributed by atoms with Crippen LogP contribution in [0.3, 0.4) is 0 Å². The van der Waals surface area contributed by atoms with Crippen LogP contribution >= 0.6 is 0 Å². The maximum atomic E-state index is 12.3. The van der Waals surface area contributed by atoms with Crippen molar-refractivity contribution >= 4 is 27.4 Å². The molecule has 1 fully saturated rings. The maximum Gasteiger partial charge on any atom is 0.230 e. The molecule has 10 heteroatoms. The van der Waals surface area contributed by atoms with Crippen LogP contribution in [0.5, 0.6) is 0 Å². The quantitative estimate of drug-likeness (QED) is 0.801. The molecule has 1 unspecified atom stereocenters. The van der Waals surface area contributed by atoms with Crippen molar-refractivity contribution in [2.75, 3.05) is 36.2 Å². The van der Waals surface area contributed by atoms with Crippen LogP contribution in [-0.2, 0) is 19.3 Å². The Morgan fingerprint density at radius 2 is 2.15 bits per heavy atom. The molecule has 0 aromatic carbocycles. The molecule has 0 aliphatic carbocycles. The highest BCUT2D eigenvalue weighted by Crippen LogP contribution is 2.31. The molecule has 1 atom stereocenters. The van der Waals surface area contributed by atoms with E-state index in [1.165, 1.54) is 6.26 Å². The van der Waals surface area contributed by atoms with Gasteiger partial charge in [-0.25, -0.2) is 13.4 Å². The van der Waals surface area contributed by atoms with E-state index in [0.717, 1.165) is 0 Å². The Bertz CT molecular complexity index is 866. The monoisotopic (exact) mass is 380 g/mol. The Balaban J connectivity index is 2.07. The highest BCUT2D eigenvalue weighted by Gasteiger charge is 2.35. The van der Waals surface area contributed by atoms with Gasteiger partial charge in [-0.05, 0) is 20.8 Å². The molecule has 3 rings (SSSR count). The average molecular weight is 380 g/mol. The molecule has 1 aliphatic rings. The SMILES string of the molecule is CC1COCCN1c1cc(C(C)(C)S(C)(=O)=O)nc(Nc2ccn[nH]2)n1. The molecule has 2 N–H and O–H groups in total. The highest BCUT2D eigenvalue weighted by atomic mass is 32.2. The molecule has 2 aromatic heterocycles. The number of anilines is 3. The van der Waals surface area contributed by atoms with Gasteiger partial charge in [0.25, 0.3) is 0 Å². The van der Waals surface area contributed by atoms with E-state index < -0.39 is 14.6 Å². The number of H-pyrrole nitrogens is 1. The van der Waals surface area contributed by atoms with Crippen molar-refractivity contribution in [3.8, 4) is 0 Å². The fourth-order valence-electron chi connectivity index (χ4n) is 2.65. The number of morpholine rings is 1. The van der Waals surface area contributed by atoms with E-state index in [9.17, 15) is 8.42 Å². The van der Waals surface area contributed by atoms with Crippen molar-refractivity contribution < 1.29 is 13.2 Å². The van der Waals surface area contributed by atoms with Crippen LogP contribution in [0.15, 0.2) is 18.3 Å². The van der Waals surface area contributed by atoms with Crippen LogP contribution in [0.2, 0.25) is 0 Å². The van der Waals surface area contributed by atoms with E-state index >= 15 is 0 Å². The second-order valence-electron chi connectivity index (χ2n) is 6.93. The van der Waals surface area contributed by atoms with Crippen molar-refractivity contribution in [1.82, 2.24) is 20.2 Å². The number of hydrogen-bond donors (Lipinski definition) is 2. The Hall–Kier alpha value is -2.20. The number of aromatic nitrogens is 4. The van der Waals surface area contributed by atoms with Gasteiger partial charge in [0.1, 0.15) is 16.4 Å². The minimum absolute atomic E-state index is 0.132. The molecule has 142 valence electrons. The van der Waals surface area contributed by atoms with Gasteiger partial charge < -0.3 is 15.0 Å². The Kier molecular flexibility index (Phi) is 4.89. The predicted octanol–water partition coefficient (Wildman–Crippen LogP) is 1.45. The van der Waals surface area contributed by atoms with Crippen molar-refractivity contribution in [2.45, 2.75) is 31.6 Å². The second kappa shape index (κ2) is 6.84. The summed E-state index contributed by atoms with van der Waals surface area (Å²) in [4.78, 5) is 11.1. The summed E-state index contributed by atoms with van der Waals surface area (Å²) in [6.07, 6.45) is 2.83. The van der Waals surface area contributed by atoms with Crippen LogP contribution in [0.25, 0.3) is 0 Å². The maximum absolute atomic E-state index is 12.3. The lowest BCUT2D eigenvalue weighted by molar-refractivity contribution is 0.0985. The lowest BCUT2D eigenvalue weighted by atomic mass is 10.1. The Morgan fingerprint density at radius 1 is 1.38 bits per heavy atom. The summed E-state index contributed by atoms with van der Waals surface area (Å²) in [5.74, 6) is 1.61. The molecule has 2 aromatic rings. The largest absolute Gasteiger partial charge is 0.377 e. The first-order valence-electron chi connectivity index (χ1n) is 8.38. The summed E-state index contributed by atoms with van der Waals surface area (Å²) in [7, 11) is -3.38. The van der Waals surface area contributed by atoms with Crippen molar-refractivity contribution in [2.24, 2.45) is 0 Å². The summed E-state index contributed by atoms with van der Waals surface area (Å²) >= 11 is 0. The fraction of sp³-hybridized carbons (Fsp3) is 0.562. The molecule has 9 nitrogen and oxygen atoms in total. The molecule has 0 spiro atoms. The van der Waals surface area contributed by atoms with Crippen LogP contribution in [0.1, 0.15) is 26.5 Å². The third-order valence-corrected chi connectivity index (χ3v) is 6.73. The number of nitrogens with zero attached hydrogens (tertiary/aromatic N) is 4. The van der Waals surface area contributed by atoms with Crippen LogP contribution in [-0.4, -0.2) is 60.6 Å². The zero-order valence-corrected chi connectivity index (χ0v) is 16.2. The topological polar surface area (TPSA) is 113 Å². The van der Waals surface area contributed by atoms with Crippen molar-refractivity contribution in [3.63, 3.8) is 0 Å². The smallest absolute Gasteiger partial charge is 0.230 e. The minimum atomic E-state index is -3.38. The van der Waals surface area contributed by atoms with Crippen LogP contribution in [0.4, 0.5) is 17.6 Å². The summed E-state index contributed by atoms with van der Waals surface area (Å²) in [6, 6.07) is 3.63. The zero-order chi connectivity index (χ0) is 18.9. The van der Waals surface area contributed by atoms with Gasteiger partial charge in [-0.1, -0.05) is 0 Å². The number of hydrogen-bond acceptors (Lipinski definition) is 8. The van der Waals surface area contributed by atoms with Gasteiger partial charge in [0.05, 0.1) is 31.1 Å². The third-order valence-electron chi connectivity index (χ3n) is 4.67. The van der Waals surface area contributed by atoms with Gasteiger partial charge in [0, 0.05) is 24.9 Å². The van der Waals surface area contributed by atoms with E-state index in [1.807, 2.05) is 6.92 Å². The zero-order valence-electron chi connectivity index (χ0n) is 15.4. The van der Waals surface area contributed by atoms with Gasteiger partial charge in [0.15, 0.2) is 9.84 Å². The standard InChI is InChI=1S/C16H24N6O3S/c1-11-10-25-8-7-22(11)14-9-12(16(2,3)26(4,23)24)18-15(20-14)19-13-5-6-17-21-13/h5-6,9,11H,7-8,10H2,1-4H3,(H2,17,18,19,20,21).